The van der Waals surface area contributed by atoms with E-state index >= 15 is 0 Å². The summed E-state index contributed by atoms with van der Waals surface area (Å²) in [5.41, 5.74) is 1.28. The molecule has 0 bridgehead atoms. The Bertz CT molecular complexity index is 1200. The zero-order valence-corrected chi connectivity index (χ0v) is 17.1. The molecule has 3 aromatic rings. The van der Waals surface area contributed by atoms with Crippen LogP contribution in [0.1, 0.15) is 25.5 Å². The number of hydrogen-bond donors (Lipinski definition) is 1. The molecular weight excluding hydrogens is 376 g/mol. The maximum absolute atomic E-state index is 12.3. The number of benzene rings is 1. The van der Waals surface area contributed by atoms with E-state index in [1.54, 1.807) is 24.5 Å². The Kier molecular flexibility index (Phi) is 4.70. The predicted molar refractivity (Wildman–Crippen MR) is 119 cm³/mol. The monoisotopic (exact) mass is 400 g/mol. The van der Waals surface area contributed by atoms with E-state index in [0.29, 0.717) is 11.5 Å². The third-order valence-electron chi connectivity index (χ3n) is 5.51. The summed E-state index contributed by atoms with van der Waals surface area (Å²) in [4.78, 5) is 16.7. The lowest BCUT2D eigenvalue weighted by molar-refractivity contribution is 0.234. The highest BCUT2D eigenvalue weighted by atomic mass is 16.3. The molecule has 0 spiro atoms. The number of rotatable bonds is 5. The Labute approximate surface area is 175 Å². The second-order valence-corrected chi connectivity index (χ2v) is 7.60. The van der Waals surface area contributed by atoms with E-state index in [4.69, 9.17) is 0 Å². The number of aromatic hydroxyl groups is 1. The molecule has 4 rings (SSSR count). The second kappa shape index (κ2) is 7.22. The van der Waals surface area contributed by atoms with E-state index in [0.717, 1.165) is 11.1 Å². The lowest BCUT2D eigenvalue weighted by atomic mass is 9.94. The maximum Gasteiger partial charge on any atom is 0.224 e. The molecule has 3 heterocycles. The third kappa shape index (κ3) is 2.80. The summed E-state index contributed by atoms with van der Waals surface area (Å²) in [5, 5.41) is 12.8. The Balaban J connectivity index is 2.08. The lowest BCUT2D eigenvalue weighted by Crippen LogP contribution is -2.57. The number of pyridine rings is 1. The molecule has 1 aromatic carbocycles. The van der Waals surface area contributed by atoms with Crippen molar-refractivity contribution in [2.75, 3.05) is 5.01 Å². The van der Waals surface area contributed by atoms with Gasteiger partial charge in [-0.05, 0) is 25.0 Å². The zero-order chi connectivity index (χ0) is 21.5. The van der Waals surface area contributed by atoms with E-state index in [1.807, 2.05) is 51.8 Å². The van der Waals surface area contributed by atoms with Crippen LogP contribution < -0.4 is 10.4 Å². The van der Waals surface area contributed by atoms with Crippen LogP contribution >= 0.6 is 0 Å². The lowest BCUT2D eigenvalue weighted by Gasteiger charge is -2.51. The van der Waals surface area contributed by atoms with E-state index < -0.39 is 11.1 Å². The van der Waals surface area contributed by atoms with Crippen LogP contribution in [-0.2, 0) is 5.66 Å². The average Bonchev–Trinajstić information content (AvgIpc) is 3.23. The van der Waals surface area contributed by atoms with Crippen LogP contribution in [0.3, 0.4) is 0 Å². The van der Waals surface area contributed by atoms with E-state index in [9.17, 15) is 9.90 Å². The van der Waals surface area contributed by atoms with Crippen molar-refractivity contribution in [1.29, 1.82) is 0 Å². The molecule has 0 saturated heterocycles. The molecule has 6 heteroatoms. The minimum absolute atomic E-state index is 0.270. The number of fused-ring (bicyclic) bond motifs is 3. The number of aromatic nitrogens is 3. The molecule has 0 radical (unpaired) electrons. The van der Waals surface area contributed by atoms with E-state index in [2.05, 4.69) is 37.0 Å². The van der Waals surface area contributed by atoms with Crippen molar-refractivity contribution in [3.63, 3.8) is 0 Å². The first-order valence-electron chi connectivity index (χ1n) is 9.70. The standard InChI is InChI=1S/C24H24N4O2/c1-5-10-17(6-2)20(18-11-8-7-9-12-18)28-24(3,4)26-16-14-25-23(26)21-22(30)19(29)13-15-27(21)28/h5-16,20,30H,1-2H2,3-4H3/b17-10+. The van der Waals surface area contributed by atoms with Gasteiger partial charge in [-0.2, -0.15) is 0 Å². The molecule has 1 aliphatic rings. The summed E-state index contributed by atoms with van der Waals surface area (Å²) in [6.07, 6.45) is 10.7. The molecule has 1 unspecified atom stereocenters. The first-order chi connectivity index (χ1) is 14.4. The molecule has 1 aliphatic heterocycles. The number of allylic oxidation sites excluding steroid dienone is 2. The first-order valence-corrected chi connectivity index (χ1v) is 9.70. The van der Waals surface area contributed by atoms with Gasteiger partial charge >= 0.3 is 0 Å². The van der Waals surface area contributed by atoms with Crippen molar-refractivity contribution in [2.24, 2.45) is 0 Å². The van der Waals surface area contributed by atoms with Crippen molar-refractivity contribution < 1.29 is 5.11 Å². The van der Waals surface area contributed by atoms with Gasteiger partial charge in [0.15, 0.2) is 17.3 Å². The van der Waals surface area contributed by atoms with Gasteiger partial charge in [-0.1, -0.05) is 61.7 Å². The number of hydrogen-bond acceptors (Lipinski definition) is 4. The van der Waals surface area contributed by atoms with Crippen LogP contribution in [0.4, 0.5) is 0 Å². The van der Waals surface area contributed by atoms with Crippen LogP contribution in [0.2, 0.25) is 0 Å². The normalized spacial score (nSPS) is 15.8. The highest BCUT2D eigenvalue weighted by Gasteiger charge is 2.43. The van der Waals surface area contributed by atoms with Gasteiger partial charge < -0.3 is 9.67 Å². The summed E-state index contributed by atoms with van der Waals surface area (Å²) >= 11 is 0. The Morgan fingerprint density at radius 1 is 1.17 bits per heavy atom. The third-order valence-corrected chi connectivity index (χ3v) is 5.51. The highest BCUT2D eigenvalue weighted by Crippen LogP contribution is 2.43. The molecule has 0 fully saturated rings. The summed E-state index contributed by atoms with van der Waals surface area (Å²) in [6.45, 7) is 12.0. The molecule has 152 valence electrons. The molecule has 0 saturated carbocycles. The predicted octanol–water partition coefficient (Wildman–Crippen LogP) is 4.10. The Morgan fingerprint density at radius 3 is 2.57 bits per heavy atom. The summed E-state index contributed by atoms with van der Waals surface area (Å²) < 4.78 is 3.78. The van der Waals surface area contributed by atoms with Gasteiger partial charge in [0, 0.05) is 24.7 Å². The van der Waals surface area contributed by atoms with Crippen molar-refractivity contribution in [1.82, 2.24) is 14.2 Å². The number of nitrogens with zero attached hydrogens (tertiary/aromatic N) is 4. The molecule has 1 N–H and O–H groups in total. The fourth-order valence-corrected chi connectivity index (χ4v) is 4.16. The van der Waals surface area contributed by atoms with Crippen LogP contribution in [0, 0.1) is 0 Å². The molecular formula is C24H24N4O2. The molecule has 0 aliphatic carbocycles. The van der Waals surface area contributed by atoms with Crippen molar-refractivity contribution in [3.8, 4) is 17.3 Å². The average molecular weight is 400 g/mol. The topological polar surface area (TPSA) is 63.3 Å². The van der Waals surface area contributed by atoms with Crippen molar-refractivity contribution in [3.05, 3.63) is 108 Å². The van der Waals surface area contributed by atoms with Gasteiger partial charge in [-0.3, -0.25) is 14.5 Å². The smallest absolute Gasteiger partial charge is 0.224 e. The molecule has 30 heavy (non-hydrogen) atoms. The summed E-state index contributed by atoms with van der Waals surface area (Å²) in [7, 11) is 0. The van der Waals surface area contributed by atoms with E-state index in [1.165, 1.54) is 6.07 Å². The first kappa shape index (κ1) is 19.5. The highest BCUT2D eigenvalue weighted by molar-refractivity contribution is 5.63. The van der Waals surface area contributed by atoms with Gasteiger partial charge in [0.25, 0.3) is 0 Å². The molecule has 0 amide bonds. The molecule has 2 aromatic heterocycles. The van der Waals surface area contributed by atoms with Crippen molar-refractivity contribution >= 4 is 0 Å². The minimum atomic E-state index is -0.593. The SMILES string of the molecule is C=C/C=C(\C=C)C(c1ccccc1)N1n2ccc(=O)c(O)c2-c2nccn2C1(C)C. The summed E-state index contributed by atoms with van der Waals surface area (Å²) in [5.74, 6) is 0.205. The van der Waals surface area contributed by atoms with Gasteiger partial charge in [0.05, 0.1) is 6.04 Å². The van der Waals surface area contributed by atoms with Crippen LogP contribution in [0.5, 0.6) is 5.75 Å². The van der Waals surface area contributed by atoms with Gasteiger partial charge in [0.2, 0.25) is 5.43 Å². The quantitative estimate of drug-likeness (QED) is 0.655. The molecule has 1 atom stereocenters. The fraction of sp³-hybridized carbons (Fsp3) is 0.167. The van der Waals surface area contributed by atoms with Crippen LogP contribution in [0.25, 0.3) is 11.5 Å². The van der Waals surface area contributed by atoms with E-state index in [-0.39, 0.29) is 11.8 Å². The number of imidazole rings is 1. The maximum atomic E-state index is 12.3. The molecule has 6 nitrogen and oxygen atoms in total. The minimum Gasteiger partial charge on any atom is -0.503 e. The van der Waals surface area contributed by atoms with Crippen molar-refractivity contribution in [2.45, 2.75) is 25.6 Å². The Hall–Kier alpha value is -3.80. The summed E-state index contributed by atoms with van der Waals surface area (Å²) in [6, 6.07) is 11.1. The van der Waals surface area contributed by atoms with Gasteiger partial charge in [-0.25, -0.2) is 4.98 Å². The largest absolute Gasteiger partial charge is 0.503 e. The second-order valence-electron chi connectivity index (χ2n) is 7.60. The fourth-order valence-electron chi connectivity index (χ4n) is 4.16. The van der Waals surface area contributed by atoms with Gasteiger partial charge in [-0.15, -0.1) is 0 Å². The van der Waals surface area contributed by atoms with Gasteiger partial charge in [0.1, 0.15) is 5.66 Å². The Morgan fingerprint density at radius 2 is 1.90 bits per heavy atom. The van der Waals surface area contributed by atoms with Crippen LogP contribution in [-0.4, -0.2) is 19.3 Å². The van der Waals surface area contributed by atoms with Crippen LogP contribution in [0.15, 0.2) is 96.7 Å². The zero-order valence-electron chi connectivity index (χ0n) is 17.1.